The van der Waals surface area contributed by atoms with Crippen LogP contribution in [-0.4, -0.2) is 28.7 Å². The van der Waals surface area contributed by atoms with Crippen LogP contribution < -0.4 is 14.8 Å². The van der Waals surface area contributed by atoms with E-state index >= 15 is 0 Å². The van der Waals surface area contributed by atoms with Gasteiger partial charge in [-0.3, -0.25) is 4.79 Å². The molecule has 0 spiro atoms. The number of rotatable bonds is 4. The van der Waals surface area contributed by atoms with Gasteiger partial charge in [0.2, 0.25) is 0 Å². The van der Waals surface area contributed by atoms with Crippen LogP contribution in [0, 0.1) is 0 Å². The largest absolute Gasteiger partial charge is 0.486 e. The van der Waals surface area contributed by atoms with E-state index in [1.807, 2.05) is 66.3 Å². The maximum Gasteiger partial charge on any atom is 0.264 e. The lowest BCUT2D eigenvalue weighted by molar-refractivity contribution is 0.0944. The van der Waals surface area contributed by atoms with Crippen LogP contribution in [-0.2, 0) is 0 Å². The highest BCUT2D eigenvalue weighted by Crippen LogP contribution is 2.35. The summed E-state index contributed by atoms with van der Waals surface area (Å²) in [5, 5.41) is 4.08. The number of aromatic nitrogens is 2. The number of fused-ring (bicyclic) bond motifs is 2. The van der Waals surface area contributed by atoms with Crippen LogP contribution in [0.15, 0.2) is 61.1 Å². The SMILES string of the molecule is C[C@@H](NC(=O)c1sc2ncccc2c1-n1cccc1)c1ccc2c(c1)OCCO2. The number of benzene rings is 1. The van der Waals surface area contributed by atoms with Crippen molar-refractivity contribution in [2.45, 2.75) is 13.0 Å². The molecule has 1 atom stereocenters. The van der Waals surface area contributed by atoms with Crippen molar-refractivity contribution in [2.75, 3.05) is 13.2 Å². The van der Waals surface area contributed by atoms with Gasteiger partial charge in [-0.2, -0.15) is 0 Å². The number of carbonyl (C=O) groups is 1. The first-order chi connectivity index (χ1) is 14.2. The molecule has 1 amide bonds. The average Bonchev–Trinajstić information content (AvgIpc) is 3.40. The lowest BCUT2D eigenvalue weighted by Crippen LogP contribution is -2.27. The number of pyridine rings is 1. The van der Waals surface area contributed by atoms with E-state index in [-0.39, 0.29) is 11.9 Å². The molecule has 4 heterocycles. The van der Waals surface area contributed by atoms with E-state index in [2.05, 4.69) is 10.3 Å². The Kier molecular flexibility index (Phi) is 4.44. The molecule has 5 rings (SSSR count). The Morgan fingerprint density at radius 3 is 2.76 bits per heavy atom. The first-order valence-corrected chi connectivity index (χ1v) is 10.2. The fraction of sp³-hybridized carbons (Fsp3) is 0.182. The summed E-state index contributed by atoms with van der Waals surface area (Å²) >= 11 is 1.40. The van der Waals surface area contributed by atoms with Crippen LogP contribution >= 0.6 is 11.3 Å². The quantitative estimate of drug-likeness (QED) is 0.548. The van der Waals surface area contributed by atoms with Crippen molar-refractivity contribution in [1.29, 1.82) is 0 Å². The number of amides is 1. The summed E-state index contributed by atoms with van der Waals surface area (Å²) in [4.78, 5) is 19.1. The van der Waals surface area contributed by atoms with Crippen LogP contribution in [0.1, 0.15) is 28.2 Å². The van der Waals surface area contributed by atoms with Crippen molar-refractivity contribution in [3.63, 3.8) is 0 Å². The average molecular weight is 405 g/mol. The smallest absolute Gasteiger partial charge is 0.264 e. The second-order valence-electron chi connectivity index (χ2n) is 6.82. The predicted molar refractivity (Wildman–Crippen MR) is 112 cm³/mol. The first kappa shape index (κ1) is 17.8. The summed E-state index contributed by atoms with van der Waals surface area (Å²) < 4.78 is 13.2. The molecule has 0 radical (unpaired) electrons. The maximum atomic E-state index is 13.2. The van der Waals surface area contributed by atoms with Gasteiger partial charge in [0.25, 0.3) is 5.91 Å². The lowest BCUT2D eigenvalue weighted by Gasteiger charge is -2.21. The number of nitrogens with one attached hydrogen (secondary N) is 1. The van der Waals surface area contributed by atoms with Gasteiger partial charge in [0.1, 0.15) is 22.9 Å². The van der Waals surface area contributed by atoms with Gasteiger partial charge < -0.3 is 19.4 Å². The minimum atomic E-state index is -0.186. The van der Waals surface area contributed by atoms with Gasteiger partial charge in [-0.15, -0.1) is 11.3 Å². The summed E-state index contributed by atoms with van der Waals surface area (Å²) in [5.74, 6) is 1.33. The number of hydrogen-bond acceptors (Lipinski definition) is 5. The fourth-order valence-electron chi connectivity index (χ4n) is 3.49. The predicted octanol–water partition coefficient (Wildman–Crippen LogP) is 4.35. The topological polar surface area (TPSA) is 65.4 Å². The Labute approximate surface area is 171 Å². The molecule has 0 unspecified atom stereocenters. The zero-order chi connectivity index (χ0) is 19.8. The monoisotopic (exact) mass is 405 g/mol. The van der Waals surface area contributed by atoms with E-state index in [9.17, 15) is 4.79 Å². The second kappa shape index (κ2) is 7.25. The Morgan fingerprint density at radius 2 is 1.93 bits per heavy atom. The van der Waals surface area contributed by atoms with E-state index in [0.29, 0.717) is 23.8 Å². The molecule has 1 aliphatic rings. The van der Waals surface area contributed by atoms with E-state index in [4.69, 9.17) is 9.47 Å². The molecular formula is C22H19N3O3S. The molecule has 29 heavy (non-hydrogen) atoms. The third-order valence-corrected chi connectivity index (χ3v) is 6.02. The standard InChI is InChI=1S/C22H19N3O3S/c1-14(15-6-7-17-18(13-15)28-12-11-27-17)24-21(26)20-19(25-9-2-3-10-25)16-5-4-8-23-22(16)29-20/h2-10,13-14H,11-12H2,1H3,(H,24,26)/t14-/m1/s1. The van der Waals surface area contributed by atoms with E-state index < -0.39 is 0 Å². The molecular weight excluding hydrogens is 386 g/mol. The van der Waals surface area contributed by atoms with Crippen LogP contribution in [0.2, 0.25) is 0 Å². The van der Waals surface area contributed by atoms with Crippen LogP contribution in [0.5, 0.6) is 11.5 Å². The molecule has 0 saturated heterocycles. The van der Waals surface area contributed by atoms with Crippen molar-refractivity contribution < 1.29 is 14.3 Å². The Bertz CT molecular complexity index is 1180. The van der Waals surface area contributed by atoms with Crippen LogP contribution in [0.3, 0.4) is 0 Å². The number of hydrogen-bond donors (Lipinski definition) is 1. The van der Waals surface area contributed by atoms with Gasteiger partial charge in [0, 0.05) is 24.0 Å². The summed E-state index contributed by atoms with van der Waals surface area (Å²) in [5.41, 5.74) is 1.82. The van der Waals surface area contributed by atoms with E-state index in [1.165, 1.54) is 11.3 Å². The maximum absolute atomic E-state index is 13.2. The van der Waals surface area contributed by atoms with Crippen LogP contribution in [0.4, 0.5) is 0 Å². The van der Waals surface area contributed by atoms with Gasteiger partial charge in [0.05, 0.1) is 11.7 Å². The van der Waals surface area contributed by atoms with Gasteiger partial charge in [-0.1, -0.05) is 6.07 Å². The molecule has 1 N–H and O–H groups in total. The van der Waals surface area contributed by atoms with Crippen LogP contribution in [0.25, 0.3) is 15.9 Å². The summed E-state index contributed by atoms with van der Waals surface area (Å²) in [6.45, 7) is 3.05. The molecule has 3 aromatic heterocycles. The minimum absolute atomic E-state index is 0.126. The molecule has 146 valence electrons. The third-order valence-electron chi connectivity index (χ3n) is 4.92. The lowest BCUT2D eigenvalue weighted by atomic mass is 10.1. The summed E-state index contributed by atoms with van der Waals surface area (Å²) in [6.07, 6.45) is 5.63. The van der Waals surface area contributed by atoms with E-state index in [1.54, 1.807) is 6.20 Å². The van der Waals surface area contributed by atoms with Gasteiger partial charge >= 0.3 is 0 Å². The second-order valence-corrected chi connectivity index (χ2v) is 7.82. The first-order valence-electron chi connectivity index (χ1n) is 9.42. The Hall–Kier alpha value is -3.32. The Balaban J connectivity index is 1.47. The zero-order valence-electron chi connectivity index (χ0n) is 15.8. The molecule has 1 aromatic carbocycles. The third kappa shape index (κ3) is 3.23. The number of nitrogens with zero attached hydrogens (tertiary/aromatic N) is 2. The van der Waals surface area contributed by atoms with Crippen molar-refractivity contribution in [2.24, 2.45) is 0 Å². The van der Waals surface area contributed by atoms with Gasteiger partial charge in [-0.25, -0.2) is 4.98 Å². The molecule has 0 saturated carbocycles. The fourth-order valence-corrected chi connectivity index (χ4v) is 4.53. The van der Waals surface area contributed by atoms with Crippen molar-refractivity contribution in [3.05, 3.63) is 71.5 Å². The summed E-state index contributed by atoms with van der Waals surface area (Å²) in [6, 6.07) is 13.4. The molecule has 4 aromatic rings. The molecule has 1 aliphatic heterocycles. The molecule has 0 fully saturated rings. The molecule has 6 nitrogen and oxygen atoms in total. The van der Waals surface area contributed by atoms with E-state index in [0.717, 1.165) is 27.2 Å². The zero-order valence-corrected chi connectivity index (χ0v) is 16.6. The molecule has 7 heteroatoms. The minimum Gasteiger partial charge on any atom is -0.486 e. The highest BCUT2D eigenvalue weighted by molar-refractivity contribution is 7.21. The summed E-state index contributed by atoms with van der Waals surface area (Å²) in [7, 11) is 0. The molecule has 0 aliphatic carbocycles. The normalized spacial score (nSPS) is 14.0. The van der Waals surface area contributed by atoms with Crippen molar-refractivity contribution in [1.82, 2.24) is 14.9 Å². The number of carbonyl (C=O) groups excluding carboxylic acids is 1. The Morgan fingerprint density at radius 1 is 1.14 bits per heavy atom. The van der Waals surface area contributed by atoms with Gasteiger partial charge in [0.15, 0.2) is 11.5 Å². The highest BCUT2D eigenvalue weighted by Gasteiger charge is 2.22. The van der Waals surface area contributed by atoms with Gasteiger partial charge in [-0.05, 0) is 48.9 Å². The van der Waals surface area contributed by atoms with Crippen molar-refractivity contribution >= 4 is 27.5 Å². The number of thiophene rings is 1. The van der Waals surface area contributed by atoms with Crippen molar-refractivity contribution in [3.8, 4) is 17.2 Å². The highest BCUT2D eigenvalue weighted by atomic mass is 32.1. The molecule has 0 bridgehead atoms. The number of ether oxygens (including phenoxy) is 2.